The van der Waals surface area contributed by atoms with Crippen molar-refractivity contribution in [3.8, 4) is 0 Å². The molecule has 0 bridgehead atoms. The summed E-state index contributed by atoms with van der Waals surface area (Å²) in [7, 11) is 0. The molecule has 1 aliphatic carbocycles. The lowest BCUT2D eigenvalue weighted by atomic mass is 10.1. The van der Waals surface area contributed by atoms with Crippen molar-refractivity contribution in [2.45, 2.75) is 40.0 Å². The summed E-state index contributed by atoms with van der Waals surface area (Å²) in [6.07, 6.45) is 13.1. The first-order valence-electron chi connectivity index (χ1n) is 7.80. The first-order valence-corrected chi connectivity index (χ1v) is 7.80. The predicted molar refractivity (Wildman–Crippen MR) is 98.7 cm³/mol. The second kappa shape index (κ2) is 9.04. The number of allylic oxidation sites excluding steroid dienone is 6. The van der Waals surface area contributed by atoms with Gasteiger partial charge in [0, 0.05) is 17.8 Å². The van der Waals surface area contributed by atoms with Crippen LogP contribution in [0.15, 0.2) is 77.8 Å². The quantitative estimate of drug-likeness (QED) is 0.341. The van der Waals surface area contributed by atoms with Gasteiger partial charge in [-0.3, -0.25) is 4.99 Å². The molecule has 1 rings (SSSR count). The molecule has 1 N–H and O–H groups in total. The van der Waals surface area contributed by atoms with E-state index in [9.17, 15) is 0 Å². The van der Waals surface area contributed by atoms with Gasteiger partial charge in [0.25, 0.3) is 0 Å². The van der Waals surface area contributed by atoms with Crippen molar-refractivity contribution in [3.63, 3.8) is 0 Å². The van der Waals surface area contributed by atoms with E-state index in [1.807, 2.05) is 31.2 Å². The summed E-state index contributed by atoms with van der Waals surface area (Å²) in [5.74, 6) is 0.645. The van der Waals surface area contributed by atoms with Crippen LogP contribution in [0.2, 0.25) is 0 Å². The molecule has 0 atom stereocenters. The van der Waals surface area contributed by atoms with Gasteiger partial charge < -0.3 is 5.32 Å². The fourth-order valence-corrected chi connectivity index (χ4v) is 2.05. The molecular formula is C20H28N2. The Morgan fingerprint density at radius 2 is 1.91 bits per heavy atom. The minimum absolute atomic E-state index is 0.645. The van der Waals surface area contributed by atoms with Crippen LogP contribution in [-0.2, 0) is 0 Å². The van der Waals surface area contributed by atoms with Gasteiger partial charge in [-0.15, -0.1) is 6.58 Å². The average molecular weight is 296 g/mol. The van der Waals surface area contributed by atoms with Crippen molar-refractivity contribution in [1.29, 1.82) is 0 Å². The van der Waals surface area contributed by atoms with Gasteiger partial charge in [-0.1, -0.05) is 43.5 Å². The Labute approximate surface area is 135 Å². The third kappa shape index (κ3) is 6.13. The SMILES string of the molecule is C=CCC(=C)NC(=C)\C(N=C(C)C1CC1)=C(C)/C=C\C=C/C. The van der Waals surface area contributed by atoms with Crippen LogP contribution in [0.5, 0.6) is 0 Å². The van der Waals surface area contributed by atoms with E-state index >= 15 is 0 Å². The summed E-state index contributed by atoms with van der Waals surface area (Å²) in [4.78, 5) is 4.82. The molecule has 0 amide bonds. The van der Waals surface area contributed by atoms with Gasteiger partial charge in [-0.05, 0) is 45.1 Å². The first kappa shape index (κ1) is 18.0. The summed E-state index contributed by atoms with van der Waals surface area (Å²) in [5, 5.41) is 3.24. The molecule has 0 aromatic heterocycles. The summed E-state index contributed by atoms with van der Waals surface area (Å²) < 4.78 is 0. The highest BCUT2D eigenvalue weighted by atomic mass is 14.9. The molecule has 1 aliphatic rings. The van der Waals surface area contributed by atoms with E-state index in [4.69, 9.17) is 4.99 Å². The van der Waals surface area contributed by atoms with Gasteiger partial charge in [0.05, 0.1) is 11.4 Å². The van der Waals surface area contributed by atoms with Crippen molar-refractivity contribution in [2.75, 3.05) is 0 Å². The fourth-order valence-electron chi connectivity index (χ4n) is 2.05. The zero-order chi connectivity index (χ0) is 16.5. The molecule has 0 saturated heterocycles. The Morgan fingerprint density at radius 1 is 1.23 bits per heavy atom. The van der Waals surface area contributed by atoms with E-state index in [1.165, 1.54) is 18.6 Å². The topological polar surface area (TPSA) is 24.4 Å². The van der Waals surface area contributed by atoms with E-state index in [0.29, 0.717) is 12.3 Å². The molecule has 0 unspecified atom stereocenters. The van der Waals surface area contributed by atoms with Gasteiger partial charge in [0.15, 0.2) is 0 Å². The van der Waals surface area contributed by atoms with E-state index in [0.717, 1.165) is 22.7 Å². The molecule has 0 radical (unpaired) electrons. The van der Waals surface area contributed by atoms with E-state index in [2.05, 4.69) is 45.0 Å². The van der Waals surface area contributed by atoms with Crippen molar-refractivity contribution in [2.24, 2.45) is 10.9 Å². The maximum atomic E-state index is 4.82. The Hall–Kier alpha value is -2.09. The standard InChI is InChI=1S/C20H28N2/c1-7-9-10-12-15(3)20(22-17(5)19-13-14-19)18(6)21-16(4)11-8-2/h7-10,12,19,21H,2,4,6,11,13-14H2,1,3,5H3/b9-7-,12-10-,20-15+,22-17?. The molecule has 1 fully saturated rings. The molecular weight excluding hydrogens is 268 g/mol. The molecule has 0 aliphatic heterocycles. The lowest BCUT2D eigenvalue weighted by molar-refractivity contribution is 0.931. The number of aliphatic imine (C=N–C) groups is 1. The second-order valence-electron chi connectivity index (χ2n) is 5.64. The van der Waals surface area contributed by atoms with Crippen molar-refractivity contribution < 1.29 is 0 Å². The number of rotatable bonds is 9. The summed E-state index contributed by atoms with van der Waals surface area (Å²) in [6.45, 7) is 18.0. The molecule has 2 heteroatoms. The van der Waals surface area contributed by atoms with Crippen LogP contribution >= 0.6 is 0 Å². The molecule has 2 nitrogen and oxygen atoms in total. The van der Waals surface area contributed by atoms with Crippen LogP contribution in [0.4, 0.5) is 0 Å². The summed E-state index contributed by atoms with van der Waals surface area (Å²) in [5.41, 5.74) is 4.83. The Kier molecular flexibility index (Phi) is 7.38. The predicted octanol–water partition coefficient (Wildman–Crippen LogP) is 5.46. The summed E-state index contributed by atoms with van der Waals surface area (Å²) in [6, 6.07) is 0. The third-order valence-electron chi connectivity index (χ3n) is 3.48. The van der Waals surface area contributed by atoms with Gasteiger partial charge in [-0.2, -0.15) is 0 Å². The minimum atomic E-state index is 0.645. The molecule has 118 valence electrons. The highest BCUT2D eigenvalue weighted by Crippen LogP contribution is 2.31. The largest absolute Gasteiger partial charge is 0.358 e. The van der Waals surface area contributed by atoms with Gasteiger partial charge >= 0.3 is 0 Å². The fraction of sp³-hybridized carbons (Fsp3) is 0.350. The van der Waals surface area contributed by atoms with Crippen molar-refractivity contribution >= 4 is 5.71 Å². The minimum Gasteiger partial charge on any atom is -0.358 e. The van der Waals surface area contributed by atoms with Crippen LogP contribution < -0.4 is 5.32 Å². The van der Waals surface area contributed by atoms with Crippen LogP contribution in [0.25, 0.3) is 0 Å². The number of nitrogens with one attached hydrogen (secondary N) is 1. The van der Waals surface area contributed by atoms with E-state index < -0.39 is 0 Å². The Bertz CT molecular complexity index is 552. The number of hydrogen-bond acceptors (Lipinski definition) is 2. The normalized spacial score (nSPS) is 16.8. The van der Waals surface area contributed by atoms with Crippen LogP contribution in [0.1, 0.15) is 40.0 Å². The molecule has 22 heavy (non-hydrogen) atoms. The molecule has 1 saturated carbocycles. The van der Waals surface area contributed by atoms with Gasteiger partial charge in [-0.25, -0.2) is 0 Å². The highest BCUT2D eigenvalue weighted by Gasteiger charge is 2.24. The molecule has 0 aromatic carbocycles. The van der Waals surface area contributed by atoms with Gasteiger partial charge in [0.2, 0.25) is 0 Å². The molecule has 0 aromatic rings. The highest BCUT2D eigenvalue weighted by molar-refractivity contribution is 5.87. The van der Waals surface area contributed by atoms with Crippen LogP contribution in [0, 0.1) is 5.92 Å². The lowest BCUT2D eigenvalue weighted by Crippen LogP contribution is -2.13. The maximum Gasteiger partial charge on any atom is 0.0886 e. The smallest absolute Gasteiger partial charge is 0.0886 e. The van der Waals surface area contributed by atoms with Crippen LogP contribution in [-0.4, -0.2) is 5.71 Å². The van der Waals surface area contributed by atoms with Crippen molar-refractivity contribution in [3.05, 3.63) is 72.8 Å². The van der Waals surface area contributed by atoms with Gasteiger partial charge in [0.1, 0.15) is 0 Å². The number of hydrogen-bond donors (Lipinski definition) is 1. The zero-order valence-electron chi connectivity index (χ0n) is 14.2. The molecule has 0 heterocycles. The lowest BCUT2D eigenvalue weighted by Gasteiger charge is -2.14. The summed E-state index contributed by atoms with van der Waals surface area (Å²) >= 11 is 0. The third-order valence-corrected chi connectivity index (χ3v) is 3.48. The van der Waals surface area contributed by atoms with E-state index in [-0.39, 0.29) is 0 Å². The Morgan fingerprint density at radius 3 is 2.45 bits per heavy atom. The second-order valence-corrected chi connectivity index (χ2v) is 5.64. The van der Waals surface area contributed by atoms with E-state index in [1.54, 1.807) is 0 Å². The van der Waals surface area contributed by atoms with Crippen molar-refractivity contribution in [1.82, 2.24) is 5.32 Å². The molecule has 0 spiro atoms. The average Bonchev–Trinajstić information content (AvgIpc) is 3.29. The number of nitrogens with zero attached hydrogens (tertiary/aromatic N) is 1. The monoisotopic (exact) mass is 296 g/mol. The van der Waals surface area contributed by atoms with Crippen LogP contribution in [0.3, 0.4) is 0 Å². The Balaban J connectivity index is 3.01. The maximum absolute atomic E-state index is 4.82. The first-order chi connectivity index (χ1) is 10.5. The zero-order valence-corrected chi connectivity index (χ0v) is 14.2.